The van der Waals surface area contributed by atoms with E-state index in [1.54, 1.807) is 13.1 Å². The zero-order valence-corrected chi connectivity index (χ0v) is 11.1. The number of rotatable bonds is 5. The van der Waals surface area contributed by atoms with E-state index in [-0.39, 0.29) is 5.97 Å². The lowest BCUT2D eigenvalue weighted by Crippen LogP contribution is -2.03. The summed E-state index contributed by atoms with van der Waals surface area (Å²) in [7, 11) is 0. The summed E-state index contributed by atoms with van der Waals surface area (Å²) in [5.41, 5.74) is 1.29. The van der Waals surface area contributed by atoms with E-state index in [0.717, 1.165) is 17.7 Å². The Bertz CT molecular complexity index is 508. The molecule has 0 aliphatic rings. The van der Waals surface area contributed by atoms with Crippen LogP contribution in [0.3, 0.4) is 0 Å². The van der Waals surface area contributed by atoms with Crippen molar-refractivity contribution in [3.8, 4) is 0 Å². The van der Waals surface area contributed by atoms with E-state index in [2.05, 4.69) is 17.1 Å². The van der Waals surface area contributed by atoms with Crippen LogP contribution in [0.1, 0.15) is 27.2 Å². The van der Waals surface area contributed by atoms with E-state index in [1.165, 1.54) is 16.9 Å². The van der Waals surface area contributed by atoms with Crippen LogP contribution in [0.15, 0.2) is 36.5 Å². The topological polar surface area (TPSA) is 39.2 Å². The number of carbonyl (C=O) groups is 1. The van der Waals surface area contributed by atoms with Gasteiger partial charge in [0.25, 0.3) is 0 Å². The maximum absolute atomic E-state index is 11.5. The highest BCUT2D eigenvalue weighted by Gasteiger charge is 2.11. The maximum Gasteiger partial charge on any atom is 0.367 e. The molecule has 2 rings (SSSR count). The number of carbonyl (C=O) groups excluding carboxylic acids is 1. The smallest absolute Gasteiger partial charge is 0.367 e. The maximum atomic E-state index is 11.5. The van der Waals surface area contributed by atoms with Gasteiger partial charge in [0.15, 0.2) is 0 Å². The molecule has 0 amide bonds. The molecule has 3 nitrogen and oxygen atoms in total. The van der Waals surface area contributed by atoms with Gasteiger partial charge >= 0.3 is 5.97 Å². The van der Waals surface area contributed by atoms with Crippen molar-refractivity contribution < 1.29 is 9.53 Å². The predicted molar refractivity (Wildman–Crippen MR) is 71.9 cm³/mol. The molecule has 0 radical (unpaired) electrons. The first-order valence-electron chi connectivity index (χ1n) is 5.95. The minimum absolute atomic E-state index is 0.325. The Morgan fingerprint density at radius 3 is 2.78 bits per heavy atom. The van der Waals surface area contributed by atoms with Crippen LogP contribution in [-0.4, -0.2) is 17.6 Å². The lowest BCUT2D eigenvalue weighted by Gasteiger charge is -1.98. The average Bonchev–Trinajstić information content (AvgIpc) is 2.87. The molecule has 18 heavy (non-hydrogen) atoms. The molecular formula is C14H15NO2S. The average molecular weight is 261 g/mol. The van der Waals surface area contributed by atoms with Gasteiger partial charge < -0.3 is 4.74 Å². The van der Waals surface area contributed by atoms with Crippen LogP contribution in [0.25, 0.3) is 0 Å². The summed E-state index contributed by atoms with van der Waals surface area (Å²) in [4.78, 5) is 16.7. The van der Waals surface area contributed by atoms with Crippen molar-refractivity contribution in [3.63, 3.8) is 0 Å². The Kier molecular flexibility index (Phi) is 4.47. The highest BCUT2D eigenvalue weighted by Crippen LogP contribution is 2.16. The number of ether oxygens (including phenoxy) is 1. The van der Waals surface area contributed by atoms with Crippen LogP contribution in [0.2, 0.25) is 0 Å². The quantitative estimate of drug-likeness (QED) is 0.776. The molecule has 0 unspecified atom stereocenters. The molecule has 1 aromatic heterocycles. The summed E-state index contributed by atoms with van der Waals surface area (Å²) >= 11 is 1.41. The molecule has 1 heterocycles. The Hall–Kier alpha value is -1.68. The first-order valence-corrected chi connectivity index (χ1v) is 6.77. The van der Waals surface area contributed by atoms with E-state index >= 15 is 0 Å². The summed E-state index contributed by atoms with van der Waals surface area (Å²) < 4.78 is 4.91. The summed E-state index contributed by atoms with van der Waals surface area (Å²) in [6, 6.07) is 10.3. The lowest BCUT2D eigenvalue weighted by molar-refractivity contribution is 0.0526. The van der Waals surface area contributed by atoms with Crippen molar-refractivity contribution in [1.29, 1.82) is 0 Å². The minimum atomic E-state index is -0.325. The number of hydrogen-bond donors (Lipinski definition) is 0. The van der Waals surface area contributed by atoms with Crippen molar-refractivity contribution in [2.75, 3.05) is 6.61 Å². The van der Waals surface area contributed by atoms with Crippen LogP contribution in [0.4, 0.5) is 0 Å². The van der Waals surface area contributed by atoms with Gasteiger partial charge in [-0.3, -0.25) is 0 Å². The van der Waals surface area contributed by atoms with Crippen molar-refractivity contribution in [2.45, 2.75) is 19.8 Å². The lowest BCUT2D eigenvalue weighted by atomic mass is 10.1. The molecule has 1 aromatic carbocycles. The Labute approximate surface area is 110 Å². The fourth-order valence-corrected chi connectivity index (χ4v) is 2.43. The van der Waals surface area contributed by atoms with Gasteiger partial charge in [-0.1, -0.05) is 30.3 Å². The summed E-state index contributed by atoms with van der Waals surface area (Å²) in [5.74, 6) is -0.325. The molecule has 0 atom stereocenters. The van der Waals surface area contributed by atoms with Crippen LogP contribution < -0.4 is 0 Å². The number of hydrogen-bond acceptors (Lipinski definition) is 4. The first kappa shape index (κ1) is 12.8. The summed E-state index contributed by atoms with van der Waals surface area (Å²) in [5, 5.41) is 0.444. The Morgan fingerprint density at radius 2 is 2.06 bits per heavy atom. The third kappa shape index (κ3) is 3.40. The number of benzene rings is 1. The van der Waals surface area contributed by atoms with E-state index in [9.17, 15) is 4.79 Å². The highest BCUT2D eigenvalue weighted by molar-refractivity contribution is 7.13. The molecule has 0 fully saturated rings. The predicted octanol–water partition coefficient (Wildman–Crippen LogP) is 3.11. The molecule has 94 valence electrons. The number of aryl methyl sites for hydroxylation is 2. The zero-order chi connectivity index (χ0) is 12.8. The van der Waals surface area contributed by atoms with E-state index in [0.29, 0.717) is 11.6 Å². The SMILES string of the molecule is CCOC(=O)c1ncc(CCc2ccccc2)s1. The molecule has 0 bridgehead atoms. The van der Waals surface area contributed by atoms with Gasteiger partial charge in [0.05, 0.1) is 6.61 Å². The fraction of sp³-hybridized carbons (Fsp3) is 0.286. The van der Waals surface area contributed by atoms with Crippen LogP contribution in [0, 0.1) is 0 Å². The molecule has 0 saturated carbocycles. The number of aromatic nitrogens is 1. The molecule has 0 spiro atoms. The minimum Gasteiger partial charge on any atom is -0.461 e. The molecule has 0 aliphatic carbocycles. The first-order chi connectivity index (χ1) is 8.79. The van der Waals surface area contributed by atoms with Gasteiger partial charge in [-0.25, -0.2) is 9.78 Å². The Balaban J connectivity index is 1.93. The van der Waals surface area contributed by atoms with Crippen molar-refractivity contribution in [2.24, 2.45) is 0 Å². The van der Waals surface area contributed by atoms with Crippen molar-refractivity contribution in [1.82, 2.24) is 4.98 Å². The molecule has 0 N–H and O–H groups in total. The van der Waals surface area contributed by atoms with Crippen LogP contribution >= 0.6 is 11.3 Å². The second-order valence-electron chi connectivity index (χ2n) is 3.84. The number of esters is 1. The van der Waals surface area contributed by atoms with Gasteiger partial charge in [0.2, 0.25) is 5.01 Å². The van der Waals surface area contributed by atoms with Gasteiger partial charge in [0.1, 0.15) is 0 Å². The second-order valence-corrected chi connectivity index (χ2v) is 4.95. The second kappa shape index (κ2) is 6.31. The third-order valence-corrected chi connectivity index (χ3v) is 3.54. The van der Waals surface area contributed by atoms with Gasteiger partial charge in [-0.05, 0) is 25.3 Å². The monoisotopic (exact) mass is 261 g/mol. The van der Waals surface area contributed by atoms with Crippen molar-refractivity contribution >= 4 is 17.3 Å². The van der Waals surface area contributed by atoms with Crippen LogP contribution in [-0.2, 0) is 17.6 Å². The zero-order valence-electron chi connectivity index (χ0n) is 10.3. The van der Waals surface area contributed by atoms with E-state index < -0.39 is 0 Å². The molecule has 2 aromatic rings. The van der Waals surface area contributed by atoms with Crippen LogP contribution in [0.5, 0.6) is 0 Å². The number of nitrogens with zero attached hydrogens (tertiary/aromatic N) is 1. The highest BCUT2D eigenvalue weighted by atomic mass is 32.1. The van der Waals surface area contributed by atoms with E-state index in [4.69, 9.17) is 4.74 Å². The standard InChI is InChI=1S/C14H15NO2S/c1-2-17-14(16)13-15-10-12(18-13)9-8-11-6-4-3-5-7-11/h3-7,10H,2,8-9H2,1H3. The fourth-order valence-electron chi connectivity index (χ4n) is 1.62. The van der Waals surface area contributed by atoms with Crippen molar-refractivity contribution in [3.05, 3.63) is 52.0 Å². The molecule has 4 heteroatoms. The normalized spacial score (nSPS) is 10.3. The van der Waals surface area contributed by atoms with E-state index in [1.807, 2.05) is 18.2 Å². The largest absolute Gasteiger partial charge is 0.461 e. The Morgan fingerprint density at radius 1 is 1.28 bits per heavy atom. The number of thiazole rings is 1. The van der Waals surface area contributed by atoms with Gasteiger partial charge in [0, 0.05) is 11.1 Å². The van der Waals surface area contributed by atoms with Gasteiger partial charge in [-0.15, -0.1) is 11.3 Å². The summed E-state index contributed by atoms with van der Waals surface area (Å²) in [6.45, 7) is 2.18. The molecule has 0 saturated heterocycles. The van der Waals surface area contributed by atoms with Gasteiger partial charge in [-0.2, -0.15) is 0 Å². The summed E-state index contributed by atoms with van der Waals surface area (Å²) in [6.07, 6.45) is 3.63. The molecule has 0 aliphatic heterocycles. The third-order valence-electron chi connectivity index (χ3n) is 2.51. The molecular weight excluding hydrogens is 246 g/mol.